The van der Waals surface area contributed by atoms with E-state index in [1.54, 1.807) is 0 Å². The molecule has 0 bridgehead atoms. The predicted molar refractivity (Wildman–Crippen MR) is 104 cm³/mol. The van der Waals surface area contributed by atoms with Gasteiger partial charge in [-0.2, -0.15) is 18.3 Å². The second kappa shape index (κ2) is 7.84. The molecular formula is C22H26F3N3O. The highest BCUT2D eigenvalue weighted by atomic mass is 19.4. The quantitative estimate of drug-likeness (QED) is 0.790. The molecular weight excluding hydrogens is 379 g/mol. The number of nitrogens with two attached hydrogens (primary N) is 1. The van der Waals surface area contributed by atoms with E-state index in [1.807, 2.05) is 0 Å². The molecule has 0 saturated heterocycles. The van der Waals surface area contributed by atoms with Crippen molar-refractivity contribution in [2.45, 2.75) is 70.0 Å². The number of carbonyl (C=O) groups excluding carboxylic acids is 1. The average molecular weight is 405 g/mol. The molecule has 0 aliphatic heterocycles. The Morgan fingerprint density at radius 1 is 1.14 bits per heavy atom. The van der Waals surface area contributed by atoms with Gasteiger partial charge in [0.05, 0.1) is 11.3 Å². The number of carbonyl (C=O) groups is 1. The van der Waals surface area contributed by atoms with Crippen molar-refractivity contribution in [1.82, 2.24) is 9.78 Å². The van der Waals surface area contributed by atoms with Crippen molar-refractivity contribution in [3.05, 3.63) is 52.3 Å². The number of hydrogen-bond donors (Lipinski definition) is 1. The number of benzene rings is 1. The molecule has 1 amide bonds. The smallest absolute Gasteiger partial charge is 0.366 e. The second-order valence-corrected chi connectivity index (χ2v) is 8.41. The highest BCUT2D eigenvalue weighted by molar-refractivity contribution is 5.94. The molecule has 156 valence electrons. The van der Waals surface area contributed by atoms with Crippen LogP contribution in [0.2, 0.25) is 0 Å². The first kappa shape index (κ1) is 20.0. The van der Waals surface area contributed by atoms with E-state index in [0.29, 0.717) is 11.5 Å². The van der Waals surface area contributed by atoms with Crippen LogP contribution >= 0.6 is 0 Å². The molecule has 1 aromatic carbocycles. The number of primary amides is 1. The molecule has 2 N–H and O–H groups in total. The average Bonchev–Trinajstić information content (AvgIpc) is 3.09. The Bertz CT molecular complexity index is 872. The van der Waals surface area contributed by atoms with Gasteiger partial charge in [-0.05, 0) is 86.5 Å². The zero-order valence-electron chi connectivity index (χ0n) is 16.3. The molecule has 4 rings (SSSR count). The second-order valence-electron chi connectivity index (χ2n) is 8.41. The number of amides is 1. The monoisotopic (exact) mass is 405 g/mol. The number of halogens is 3. The minimum atomic E-state index is -4.48. The Morgan fingerprint density at radius 2 is 1.86 bits per heavy atom. The van der Waals surface area contributed by atoms with Crippen molar-refractivity contribution in [3.8, 4) is 0 Å². The highest BCUT2D eigenvalue weighted by Crippen LogP contribution is 2.39. The molecule has 0 unspecified atom stereocenters. The minimum Gasteiger partial charge on any atom is -0.366 e. The van der Waals surface area contributed by atoms with Crippen LogP contribution in [-0.4, -0.2) is 15.7 Å². The van der Waals surface area contributed by atoms with Gasteiger partial charge >= 0.3 is 6.18 Å². The summed E-state index contributed by atoms with van der Waals surface area (Å²) in [6, 6.07) is 3.40. The molecule has 7 heteroatoms. The summed E-state index contributed by atoms with van der Waals surface area (Å²) in [4.78, 5) is 11.8. The van der Waals surface area contributed by atoms with Crippen molar-refractivity contribution in [2.24, 2.45) is 11.7 Å². The van der Waals surface area contributed by atoms with Crippen molar-refractivity contribution >= 4 is 5.91 Å². The fourth-order valence-corrected chi connectivity index (χ4v) is 4.85. The van der Waals surface area contributed by atoms with Crippen LogP contribution in [0.25, 0.3) is 0 Å². The van der Waals surface area contributed by atoms with Gasteiger partial charge in [-0.25, -0.2) is 0 Å². The summed E-state index contributed by atoms with van der Waals surface area (Å²) in [6.07, 6.45) is 5.96. The summed E-state index contributed by atoms with van der Waals surface area (Å²) in [6.45, 7) is 0.884. The van der Waals surface area contributed by atoms with E-state index in [-0.39, 0.29) is 11.5 Å². The number of fused-ring (bicyclic) bond motifs is 1. The van der Waals surface area contributed by atoms with Gasteiger partial charge in [-0.15, -0.1) is 0 Å². The molecule has 2 aromatic rings. The standard InChI is InChI=1S/C22H26F3N3O/c23-22(24,25)17-9-10-18(19(11-17)21(26)29)15-7-5-14(6-8-15)12-28-13-16-3-1-2-4-20(16)27-28/h9-11,13-15H,1-8,12H2,(H2,26,29)/t14-,15-. The summed E-state index contributed by atoms with van der Waals surface area (Å²) in [5.74, 6) is -0.226. The summed E-state index contributed by atoms with van der Waals surface area (Å²) >= 11 is 0. The van der Waals surface area contributed by atoms with Crippen LogP contribution in [0.15, 0.2) is 24.4 Å². The van der Waals surface area contributed by atoms with Crippen LogP contribution in [0.5, 0.6) is 0 Å². The van der Waals surface area contributed by atoms with Crippen LogP contribution in [0, 0.1) is 5.92 Å². The zero-order chi connectivity index (χ0) is 20.6. The van der Waals surface area contributed by atoms with Crippen LogP contribution in [0.3, 0.4) is 0 Å². The number of aryl methyl sites for hydroxylation is 2. The van der Waals surface area contributed by atoms with Gasteiger partial charge in [-0.1, -0.05) is 6.07 Å². The first-order chi connectivity index (χ1) is 13.8. The van der Waals surface area contributed by atoms with Gasteiger partial charge in [0, 0.05) is 18.3 Å². The molecule has 2 aliphatic rings. The summed E-state index contributed by atoms with van der Waals surface area (Å²) in [5.41, 5.74) is 7.83. The van der Waals surface area contributed by atoms with E-state index in [1.165, 1.54) is 30.2 Å². The van der Waals surface area contributed by atoms with Gasteiger partial charge in [0.2, 0.25) is 5.91 Å². The van der Waals surface area contributed by atoms with E-state index >= 15 is 0 Å². The van der Waals surface area contributed by atoms with Crippen LogP contribution in [-0.2, 0) is 25.6 Å². The maximum atomic E-state index is 13.0. The Hall–Kier alpha value is -2.31. The molecule has 1 fully saturated rings. The largest absolute Gasteiger partial charge is 0.416 e. The third-order valence-electron chi connectivity index (χ3n) is 6.41. The van der Waals surface area contributed by atoms with Crippen molar-refractivity contribution in [3.63, 3.8) is 0 Å². The van der Waals surface area contributed by atoms with Crippen molar-refractivity contribution in [1.29, 1.82) is 0 Å². The zero-order valence-corrected chi connectivity index (χ0v) is 16.3. The van der Waals surface area contributed by atoms with E-state index < -0.39 is 17.6 Å². The highest BCUT2D eigenvalue weighted by Gasteiger charge is 2.33. The maximum absolute atomic E-state index is 13.0. The van der Waals surface area contributed by atoms with Gasteiger partial charge in [-0.3, -0.25) is 9.48 Å². The third-order valence-corrected chi connectivity index (χ3v) is 6.41. The number of nitrogens with zero attached hydrogens (tertiary/aromatic N) is 2. The molecule has 2 aliphatic carbocycles. The summed E-state index contributed by atoms with van der Waals surface area (Å²) < 4.78 is 41.0. The molecule has 4 nitrogen and oxygen atoms in total. The van der Waals surface area contributed by atoms with Crippen LogP contribution in [0.1, 0.15) is 77.2 Å². The van der Waals surface area contributed by atoms with E-state index in [0.717, 1.165) is 57.2 Å². The van der Waals surface area contributed by atoms with E-state index in [4.69, 9.17) is 10.8 Å². The molecule has 1 saturated carbocycles. The van der Waals surface area contributed by atoms with Crippen molar-refractivity contribution in [2.75, 3.05) is 0 Å². The SMILES string of the molecule is NC(=O)c1cc(C(F)(F)F)ccc1[C@H]1CC[C@H](Cn2cc3c(n2)CCCC3)CC1. The topological polar surface area (TPSA) is 60.9 Å². The lowest BCUT2D eigenvalue weighted by Gasteiger charge is -2.30. The molecule has 0 radical (unpaired) electrons. The lowest BCUT2D eigenvalue weighted by Crippen LogP contribution is -2.22. The lowest BCUT2D eigenvalue weighted by molar-refractivity contribution is -0.137. The van der Waals surface area contributed by atoms with E-state index in [9.17, 15) is 18.0 Å². The Labute approximate surface area is 168 Å². The Morgan fingerprint density at radius 3 is 2.52 bits per heavy atom. The van der Waals surface area contributed by atoms with Gasteiger partial charge in [0.25, 0.3) is 0 Å². The fraction of sp³-hybridized carbons (Fsp3) is 0.545. The fourth-order valence-electron chi connectivity index (χ4n) is 4.85. The molecule has 0 spiro atoms. The van der Waals surface area contributed by atoms with Crippen LogP contribution < -0.4 is 5.73 Å². The summed E-state index contributed by atoms with van der Waals surface area (Å²) in [5, 5.41) is 4.74. The number of aromatic nitrogens is 2. The van der Waals surface area contributed by atoms with Crippen molar-refractivity contribution < 1.29 is 18.0 Å². The first-order valence-corrected chi connectivity index (χ1v) is 10.4. The Kier molecular flexibility index (Phi) is 5.40. The van der Waals surface area contributed by atoms with E-state index in [2.05, 4.69) is 10.9 Å². The van der Waals surface area contributed by atoms with Gasteiger partial charge in [0.15, 0.2) is 0 Å². The molecule has 29 heavy (non-hydrogen) atoms. The maximum Gasteiger partial charge on any atom is 0.416 e. The minimum absolute atomic E-state index is 0.00280. The van der Waals surface area contributed by atoms with Gasteiger partial charge < -0.3 is 5.73 Å². The third kappa shape index (κ3) is 4.33. The molecule has 1 aromatic heterocycles. The normalized spacial score (nSPS) is 22.3. The number of hydrogen-bond acceptors (Lipinski definition) is 2. The molecule has 1 heterocycles. The lowest BCUT2D eigenvalue weighted by atomic mass is 9.77. The predicted octanol–water partition coefficient (Wildman–Crippen LogP) is 4.85. The number of alkyl halides is 3. The number of rotatable bonds is 4. The van der Waals surface area contributed by atoms with Crippen LogP contribution in [0.4, 0.5) is 13.2 Å². The molecule has 0 atom stereocenters. The Balaban J connectivity index is 1.43. The first-order valence-electron chi connectivity index (χ1n) is 10.4. The van der Waals surface area contributed by atoms with Gasteiger partial charge in [0.1, 0.15) is 0 Å². The summed E-state index contributed by atoms with van der Waals surface area (Å²) in [7, 11) is 0.